The Labute approximate surface area is 230 Å². The Morgan fingerprint density at radius 1 is 1.00 bits per heavy atom. The number of aromatic nitrogens is 3. The maximum absolute atomic E-state index is 13.7. The molecular formula is C27H25Cl2N5O3S. The van der Waals surface area contributed by atoms with Gasteiger partial charge >= 0.3 is 0 Å². The molecule has 38 heavy (non-hydrogen) atoms. The molecule has 2 saturated heterocycles. The Hall–Kier alpha value is -3.14. The summed E-state index contributed by atoms with van der Waals surface area (Å²) in [6.07, 6.45) is 4.11. The molecule has 6 rings (SSSR count). The molecule has 0 spiro atoms. The molecule has 2 aromatic heterocycles. The number of halogens is 2. The number of anilines is 1. The first-order valence-corrected chi connectivity index (χ1v) is 15.1. The Morgan fingerprint density at radius 3 is 2.42 bits per heavy atom. The smallest absolute Gasteiger partial charge is 0.259 e. The summed E-state index contributed by atoms with van der Waals surface area (Å²) in [6, 6.07) is 14.5. The van der Waals surface area contributed by atoms with Crippen LogP contribution >= 0.6 is 23.2 Å². The van der Waals surface area contributed by atoms with Gasteiger partial charge in [0.15, 0.2) is 21.3 Å². The van der Waals surface area contributed by atoms with Gasteiger partial charge < -0.3 is 10.2 Å². The predicted molar refractivity (Wildman–Crippen MR) is 150 cm³/mol. The fourth-order valence-corrected chi connectivity index (χ4v) is 7.29. The number of carbonyl (C=O) groups is 1. The van der Waals surface area contributed by atoms with Crippen molar-refractivity contribution in [3.05, 3.63) is 70.3 Å². The van der Waals surface area contributed by atoms with E-state index < -0.39 is 15.9 Å². The van der Waals surface area contributed by atoms with E-state index in [0.29, 0.717) is 33.5 Å². The van der Waals surface area contributed by atoms with Crippen molar-refractivity contribution >= 4 is 50.4 Å². The molecule has 0 saturated carbocycles. The highest BCUT2D eigenvalue weighted by molar-refractivity contribution is 7.91. The van der Waals surface area contributed by atoms with E-state index in [1.807, 2.05) is 36.4 Å². The Kier molecular flexibility index (Phi) is 6.53. The molecule has 0 aliphatic carbocycles. The number of hydrogen-bond donors (Lipinski definition) is 1. The van der Waals surface area contributed by atoms with Crippen molar-refractivity contribution in [2.75, 3.05) is 29.5 Å². The van der Waals surface area contributed by atoms with Crippen LogP contribution in [0.5, 0.6) is 0 Å². The Balaban J connectivity index is 1.57. The average molecular weight is 571 g/mol. The van der Waals surface area contributed by atoms with Crippen LogP contribution in [0.1, 0.15) is 29.6 Å². The molecule has 4 aromatic rings. The van der Waals surface area contributed by atoms with Crippen molar-refractivity contribution in [2.24, 2.45) is 0 Å². The van der Waals surface area contributed by atoms with Gasteiger partial charge in [0.1, 0.15) is 5.56 Å². The van der Waals surface area contributed by atoms with Crippen LogP contribution in [0.2, 0.25) is 10.0 Å². The van der Waals surface area contributed by atoms with Crippen LogP contribution < -0.4 is 10.2 Å². The second-order valence-corrected chi connectivity index (χ2v) is 12.8. The molecule has 1 atom stereocenters. The standard InChI is InChI=1S/C27H25Cl2N5O3S/c28-18-9-7-17(8-10-18)24-21(20-5-1-2-6-22(20)29)15-30-25-23(26(32-34(24)25)33-12-3-4-13-33)27(35)31-19-11-14-38(36,37)16-19/h1-2,5-10,15,19H,3-4,11-14,16H2,(H,31,35). The highest BCUT2D eigenvalue weighted by Gasteiger charge is 2.33. The van der Waals surface area contributed by atoms with Crippen LogP contribution in [-0.2, 0) is 9.84 Å². The summed E-state index contributed by atoms with van der Waals surface area (Å²) < 4.78 is 25.7. The fraction of sp³-hybridized carbons (Fsp3) is 0.296. The first-order chi connectivity index (χ1) is 18.3. The number of fused-ring (bicyclic) bond motifs is 1. The van der Waals surface area contributed by atoms with Crippen LogP contribution in [0.4, 0.5) is 5.82 Å². The number of rotatable bonds is 5. The molecule has 8 nitrogen and oxygen atoms in total. The predicted octanol–water partition coefficient (Wildman–Crippen LogP) is 4.89. The van der Waals surface area contributed by atoms with E-state index in [0.717, 1.165) is 48.3 Å². The SMILES string of the molecule is O=C(NC1CCS(=O)(=O)C1)c1c(N2CCCC2)nn2c(-c3ccc(Cl)cc3)c(-c3ccccc3Cl)cnc12. The second kappa shape index (κ2) is 9.87. The molecule has 196 valence electrons. The normalized spacial score (nSPS) is 18.8. The maximum atomic E-state index is 13.7. The van der Waals surface area contributed by atoms with Gasteiger partial charge in [0.2, 0.25) is 0 Å². The van der Waals surface area contributed by atoms with Gasteiger partial charge in [-0.25, -0.2) is 17.9 Å². The highest BCUT2D eigenvalue weighted by Crippen LogP contribution is 2.38. The van der Waals surface area contributed by atoms with Gasteiger partial charge in [0, 0.05) is 52.1 Å². The highest BCUT2D eigenvalue weighted by atomic mass is 35.5. The van der Waals surface area contributed by atoms with Gasteiger partial charge in [0.25, 0.3) is 5.91 Å². The molecule has 1 amide bonds. The van der Waals surface area contributed by atoms with Gasteiger partial charge in [-0.15, -0.1) is 5.10 Å². The van der Waals surface area contributed by atoms with Crippen LogP contribution in [-0.4, -0.2) is 59.6 Å². The molecule has 0 bridgehead atoms. The van der Waals surface area contributed by atoms with Gasteiger partial charge in [-0.3, -0.25) is 4.79 Å². The molecular weight excluding hydrogens is 545 g/mol. The summed E-state index contributed by atoms with van der Waals surface area (Å²) in [5.74, 6) is 0.187. The van der Waals surface area contributed by atoms with E-state index >= 15 is 0 Å². The van der Waals surface area contributed by atoms with E-state index in [-0.39, 0.29) is 17.4 Å². The number of sulfone groups is 1. The van der Waals surface area contributed by atoms with Gasteiger partial charge in [-0.1, -0.05) is 53.5 Å². The summed E-state index contributed by atoms with van der Waals surface area (Å²) in [7, 11) is -3.15. The summed E-state index contributed by atoms with van der Waals surface area (Å²) >= 11 is 12.8. The lowest BCUT2D eigenvalue weighted by atomic mass is 10.0. The van der Waals surface area contributed by atoms with Crippen LogP contribution in [0, 0.1) is 0 Å². The van der Waals surface area contributed by atoms with E-state index in [1.54, 1.807) is 22.8 Å². The second-order valence-electron chi connectivity index (χ2n) is 9.71. The zero-order chi connectivity index (χ0) is 26.4. The van der Waals surface area contributed by atoms with Crippen molar-refractivity contribution in [3.8, 4) is 22.4 Å². The Morgan fingerprint density at radius 2 is 1.74 bits per heavy atom. The molecule has 2 fully saturated rings. The lowest BCUT2D eigenvalue weighted by molar-refractivity contribution is 0.0943. The van der Waals surface area contributed by atoms with Crippen molar-refractivity contribution < 1.29 is 13.2 Å². The topological polar surface area (TPSA) is 96.7 Å². The summed E-state index contributed by atoms with van der Waals surface area (Å²) in [6.45, 7) is 1.55. The molecule has 11 heteroatoms. The minimum absolute atomic E-state index is 0.0584. The summed E-state index contributed by atoms with van der Waals surface area (Å²) in [5.41, 5.74) is 3.84. The van der Waals surface area contributed by atoms with Crippen LogP contribution in [0.3, 0.4) is 0 Å². The fourth-order valence-electron chi connectivity index (χ4n) is 5.26. The lowest BCUT2D eigenvalue weighted by Gasteiger charge is -2.16. The van der Waals surface area contributed by atoms with E-state index in [4.69, 9.17) is 33.3 Å². The minimum Gasteiger partial charge on any atom is -0.354 e. The van der Waals surface area contributed by atoms with Crippen molar-refractivity contribution in [1.29, 1.82) is 0 Å². The molecule has 2 aromatic carbocycles. The third-order valence-electron chi connectivity index (χ3n) is 7.11. The minimum atomic E-state index is -3.15. The molecule has 4 heterocycles. The largest absolute Gasteiger partial charge is 0.354 e. The van der Waals surface area contributed by atoms with Gasteiger partial charge in [-0.05, 0) is 37.5 Å². The number of carbonyl (C=O) groups excluding carboxylic acids is 1. The van der Waals surface area contributed by atoms with Gasteiger partial charge in [0.05, 0.1) is 17.2 Å². The van der Waals surface area contributed by atoms with Crippen LogP contribution in [0.25, 0.3) is 28.0 Å². The molecule has 1 unspecified atom stereocenters. The first-order valence-electron chi connectivity index (χ1n) is 12.5. The molecule has 2 aliphatic heterocycles. The molecule has 0 radical (unpaired) electrons. The van der Waals surface area contributed by atoms with E-state index in [9.17, 15) is 13.2 Å². The summed E-state index contributed by atoms with van der Waals surface area (Å²) in [4.78, 5) is 20.5. The van der Waals surface area contributed by atoms with Crippen molar-refractivity contribution in [1.82, 2.24) is 19.9 Å². The third-order valence-corrected chi connectivity index (χ3v) is 9.46. The number of benzene rings is 2. The maximum Gasteiger partial charge on any atom is 0.259 e. The quantitative estimate of drug-likeness (QED) is 0.367. The monoisotopic (exact) mass is 569 g/mol. The molecule has 2 aliphatic rings. The van der Waals surface area contributed by atoms with Crippen LogP contribution in [0.15, 0.2) is 54.7 Å². The number of hydrogen-bond acceptors (Lipinski definition) is 6. The van der Waals surface area contributed by atoms with E-state index in [2.05, 4.69) is 10.2 Å². The van der Waals surface area contributed by atoms with Gasteiger partial charge in [-0.2, -0.15) is 0 Å². The average Bonchev–Trinajstić information content (AvgIpc) is 3.63. The lowest BCUT2D eigenvalue weighted by Crippen LogP contribution is -2.36. The Bertz CT molecular complexity index is 1650. The van der Waals surface area contributed by atoms with Crippen molar-refractivity contribution in [2.45, 2.75) is 25.3 Å². The summed E-state index contributed by atoms with van der Waals surface area (Å²) in [5, 5.41) is 9.06. The number of nitrogens with zero attached hydrogens (tertiary/aromatic N) is 4. The molecule has 1 N–H and O–H groups in total. The number of nitrogens with one attached hydrogen (secondary N) is 1. The first kappa shape index (κ1) is 25.2. The zero-order valence-corrected chi connectivity index (χ0v) is 22.7. The van der Waals surface area contributed by atoms with Crippen molar-refractivity contribution in [3.63, 3.8) is 0 Å². The zero-order valence-electron chi connectivity index (χ0n) is 20.4. The van der Waals surface area contributed by atoms with E-state index in [1.165, 1.54) is 0 Å². The number of amides is 1. The third kappa shape index (κ3) is 4.63.